The van der Waals surface area contributed by atoms with Gasteiger partial charge in [0.05, 0.1) is 5.69 Å². The molecule has 0 bridgehead atoms. The highest BCUT2D eigenvalue weighted by molar-refractivity contribution is 7.15. The minimum atomic E-state index is 0.530. The van der Waals surface area contributed by atoms with E-state index in [4.69, 9.17) is 4.98 Å². The van der Waals surface area contributed by atoms with E-state index >= 15 is 0 Å². The van der Waals surface area contributed by atoms with Gasteiger partial charge in [-0.05, 0) is 24.7 Å². The molecule has 0 aromatic carbocycles. The van der Waals surface area contributed by atoms with Crippen LogP contribution < -0.4 is 10.2 Å². The van der Waals surface area contributed by atoms with Crippen LogP contribution >= 0.6 is 11.3 Å². The smallest absolute Gasteiger partial charge is 0.185 e. The fraction of sp³-hybridized carbons (Fsp3) is 0.812. The van der Waals surface area contributed by atoms with E-state index in [9.17, 15) is 0 Å². The largest absolute Gasteiger partial charge is 0.348 e. The molecule has 1 unspecified atom stereocenters. The number of hydrogen-bond donors (Lipinski definition) is 1. The molecule has 1 atom stereocenters. The van der Waals surface area contributed by atoms with Crippen LogP contribution in [0.5, 0.6) is 0 Å². The highest BCUT2D eigenvalue weighted by Crippen LogP contribution is 2.33. The molecule has 1 fully saturated rings. The van der Waals surface area contributed by atoms with Crippen LogP contribution in [0.1, 0.15) is 51.6 Å². The van der Waals surface area contributed by atoms with Crippen molar-refractivity contribution < 1.29 is 0 Å². The van der Waals surface area contributed by atoms with Crippen LogP contribution in [-0.4, -0.2) is 24.1 Å². The first kappa shape index (κ1) is 15.8. The van der Waals surface area contributed by atoms with E-state index in [1.165, 1.54) is 35.2 Å². The summed E-state index contributed by atoms with van der Waals surface area (Å²) in [5.74, 6) is 1.62. The number of nitrogens with one attached hydrogen (secondary N) is 1. The summed E-state index contributed by atoms with van der Waals surface area (Å²) in [4.78, 5) is 8.80. The number of nitrogens with zero attached hydrogens (tertiary/aromatic N) is 2. The summed E-state index contributed by atoms with van der Waals surface area (Å²) >= 11 is 1.89. The molecule has 1 N–H and O–H groups in total. The van der Waals surface area contributed by atoms with Crippen LogP contribution in [0.25, 0.3) is 0 Å². The predicted octanol–water partition coefficient (Wildman–Crippen LogP) is 3.69. The van der Waals surface area contributed by atoms with Gasteiger partial charge in [0.1, 0.15) is 0 Å². The van der Waals surface area contributed by atoms with Crippen molar-refractivity contribution in [3.63, 3.8) is 0 Å². The Balaban J connectivity index is 2.05. The van der Waals surface area contributed by atoms with Crippen LogP contribution in [-0.2, 0) is 13.0 Å². The Morgan fingerprint density at radius 2 is 2.10 bits per heavy atom. The van der Waals surface area contributed by atoms with Crippen molar-refractivity contribution in [2.75, 3.05) is 18.0 Å². The third kappa shape index (κ3) is 3.73. The molecule has 114 valence electrons. The molecule has 4 heteroatoms. The molecule has 2 rings (SSSR count). The molecule has 0 spiro atoms. The van der Waals surface area contributed by atoms with E-state index in [-0.39, 0.29) is 0 Å². The lowest BCUT2D eigenvalue weighted by Gasteiger charge is -2.16. The van der Waals surface area contributed by atoms with Gasteiger partial charge in [-0.2, -0.15) is 0 Å². The van der Waals surface area contributed by atoms with E-state index < -0.39 is 0 Å². The van der Waals surface area contributed by atoms with Gasteiger partial charge in [0.15, 0.2) is 5.13 Å². The Kier molecular flexibility index (Phi) is 5.44. The van der Waals surface area contributed by atoms with E-state index in [0.717, 1.165) is 24.8 Å². The number of hydrogen-bond acceptors (Lipinski definition) is 4. The highest BCUT2D eigenvalue weighted by atomic mass is 32.1. The van der Waals surface area contributed by atoms with Crippen molar-refractivity contribution in [3.05, 3.63) is 10.6 Å². The minimum Gasteiger partial charge on any atom is -0.348 e. The summed E-state index contributed by atoms with van der Waals surface area (Å²) in [7, 11) is 0. The monoisotopic (exact) mass is 295 g/mol. The number of aryl methyl sites for hydroxylation is 1. The Morgan fingerprint density at radius 3 is 2.65 bits per heavy atom. The Bertz CT molecular complexity index is 425. The van der Waals surface area contributed by atoms with E-state index in [1.54, 1.807) is 0 Å². The zero-order valence-corrected chi connectivity index (χ0v) is 14.4. The summed E-state index contributed by atoms with van der Waals surface area (Å²) in [6, 6.07) is 0.530. The van der Waals surface area contributed by atoms with Crippen LogP contribution in [0.3, 0.4) is 0 Å². The number of thiazole rings is 1. The van der Waals surface area contributed by atoms with Crippen LogP contribution in [0, 0.1) is 11.8 Å². The normalized spacial score (nSPS) is 19.6. The second-order valence-corrected chi connectivity index (χ2v) is 7.56. The molecular formula is C16H29N3S. The average Bonchev–Trinajstić information content (AvgIpc) is 3.02. The number of rotatable bonds is 6. The van der Waals surface area contributed by atoms with Gasteiger partial charge < -0.3 is 10.2 Å². The second-order valence-electron chi connectivity index (χ2n) is 6.49. The van der Waals surface area contributed by atoms with Gasteiger partial charge in [-0.1, -0.05) is 34.6 Å². The summed E-state index contributed by atoms with van der Waals surface area (Å²) in [6.07, 6.45) is 2.35. The Hall–Kier alpha value is -0.610. The zero-order valence-electron chi connectivity index (χ0n) is 13.6. The third-order valence-corrected chi connectivity index (χ3v) is 5.37. The fourth-order valence-electron chi connectivity index (χ4n) is 2.72. The first-order valence-electron chi connectivity index (χ1n) is 7.98. The molecule has 0 aliphatic carbocycles. The van der Waals surface area contributed by atoms with Gasteiger partial charge in [0.2, 0.25) is 0 Å². The quantitative estimate of drug-likeness (QED) is 0.867. The third-order valence-electron chi connectivity index (χ3n) is 4.21. The maximum atomic E-state index is 4.89. The summed E-state index contributed by atoms with van der Waals surface area (Å²) < 4.78 is 0. The van der Waals surface area contributed by atoms with Crippen molar-refractivity contribution in [2.24, 2.45) is 11.8 Å². The van der Waals surface area contributed by atoms with Crippen molar-refractivity contribution in [3.8, 4) is 0 Å². The first-order valence-corrected chi connectivity index (χ1v) is 8.79. The maximum absolute atomic E-state index is 4.89. The van der Waals surface area contributed by atoms with Crippen molar-refractivity contribution in [1.29, 1.82) is 0 Å². The topological polar surface area (TPSA) is 28.2 Å². The van der Waals surface area contributed by atoms with E-state index in [0.29, 0.717) is 6.04 Å². The van der Waals surface area contributed by atoms with Crippen LogP contribution in [0.4, 0.5) is 5.13 Å². The molecule has 1 aromatic heterocycles. The molecule has 3 nitrogen and oxygen atoms in total. The Labute approximate surface area is 127 Å². The van der Waals surface area contributed by atoms with Gasteiger partial charge in [-0.25, -0.2) is 4.98 Å². The molecule has 1 aliphatic rings. The van der Waals surface area contributed by atoms with Gasteiger partial charge in [-0.3, -0.25) is 0 Å². The van der Waals surface area contributed by atoms with Crippen LogP contribution in [0.2, 0.25) is 0 Å². The number of aromatic nitrogens is 1. The molecule has 20 heavy (non-hydrogen) atoms. The van der Waals surface area contributed by atoms with E-state index in [1.807, 2.05) is 11.3 Å². The second kappa shape index (κ2) is 6.90. The zero-order chi connectivity index (χ0) is 14.7. The standard InChI is InChI=1S/C16H29N3S/c1-6-14-15(9-17-12(4)5)20-16(18-14)19-8-7-13(10-19)11(2)3/h11-13,17H,6-10H2,1-5H3. The van der Waals surface area contributed by atoms with Crippen molar-refractivity contribution >= 4 is 16.5 Å². The van der Waals surface area contributed by atoms with Crippen molar-refractivity contribution in [1.82, 2.24) is 10.3 Å². The molecular weight excluding hydrogens is 266 g/mol. The lowest BCUT2D eigenvalue weighted by Crippen LogP contribution is -2.21. The minimum absolute atomic E-state index is 0.530. The Morgan fingerprint density at radius 1 is 1.35 bits per heavy atom. The van der Waals surface area contributed by atoms with Gasteiger partial charge in [-0.15, -0.1) is 11.3 Å². The average molecular weight is 295 g/mol. The van der Waals surface area contributed by atoms with Gasteiger partial charge in [0, 0.05) is 30.6 Å². The molecule has 1 saturated heterocycles. The molecule has 1 aromatic rings. The van der Waals surface area contributed by atoms with Crippen LogP contribution in [0.15, 0.2) is 0 Å². The lowest BCUT2D eigenvalue weighted by atomic mass is 9.95. The molecule has 0 radical (unpaired) electrons. The van der Waals surface area contributed by atoms with Gasteiger partial charge in [0.25, 0.3) is 0 Å². The highest BCUT2D eigenvalue weighted by Gasteiger charge is 2.27. The van der Waals surface area contributed by atoms with Crippen molar-refractivity contribution in [2.45, 2.75) is 60.0 Å². The lowest BCUT2D eigenvalue weighted by molar-refractivity contribution is 0.422. The van der Waals surface area contributed by atoms with Gasteiger partial charge >= 0.3 is 0 Å². The molecule has 0 saturated carbocycles. The number of anilines is 1. The molecule has 0 amide bonds. The predicted molar refractivity (Wildman–Crippen MR) is 88.6 cm³/mol. The first-order chi connectivity index (χ1) is 9.51. The van der Waals surface area contributed by atoms with E-state index in [2.05, 4.69) is 44.8 Å². The molecule has 2 heterocycles. The summed E-state index contributed by atoms with van der Waals surface area (Å²) in [5, 5.41) is 4.76. The maximum Gasteiger partial charge on any atom is 0.185 e. The molecule has 1 aliphatic heterocycles. The summed E-state index contributed by atoms with van der Waals surface area (Å²) in [6.45, 7) is 14.6. The fourth-order valence-corrected chi connectivity index (χ4v) is 3.86. The summed E-state index contributed by atoms with van der Waals surface area (Å²) in [5.41, 5.74) is 1.28. The SMILES string of the molecule is CCc1nc(N2CCC(C(C)C)C2)sc1CNC(C)C.